The fraction of sp³-hybridized carbons (Fsp3) is 0.333. The van der Waals surface area contributed by atoms with Gasteiger partial charge in [0.25, 0.3) is 5.91 Å². The zero-order valence-corrected chi connectivity index (χ0v) is 17.8. The number of benzene rings is 2. The molecule has 2 aromatic carbocycles. The molecule has 1 heterocycles. The Bertz CT molecular complexity index is 1010. The van der Waals surface area contributed by atoms with E-state index in [0.717, 1.165) is 5.56 Å². The number of rotatable bonds is 7. The summed E-state index contributed by atoms with van der Waals surface area (Å²) < 4.78 is 37.4. The molecule has 0 aliphatic carbocycles. The van der Waals surface area contributed by atoms with Gasteiger partial charge in [-0.05, 0) is 49.2 Å². The van der Waals surface area contributed by atoms with Gasteiger partial charge in [0.1, 0.15) is 5.75 Å². The summed E-state index contributed by atoms with van der Waals surface area (Å²) in [6.07, 6.45) is 0. The van der Waals surface area contributed by atoms with Crippen molar-refractivity contribution in [1.29, 1.82) is 0 Å². The van der Waals surface area contributed by atoms with Crippen LogP contribution in [-0.4, -0.2) is 57.3 Å². The average Bonchev–Trinajstić information content (AvgIpc) is 2.77. The Kier molecular flexibility index (Phi) is 7.20. The van der Waals surface area contributed by atoms with Crippen LogP contribution in [-0.2, 0) is 19.6 Å². The highest BCUT2D eigenvalue weighted by atomic mass is 32.2. The fourth-order valence-electron chi connectivity index (χ4n) is 2.90. The van der Waals surface area contributed by atoms with Crippen molar-refractivity contribution in [2.75, 3.05) is 32.9 Å². The third-order valence-corrected chi connectivity index (χ3v) is 6.50. The van der Waals surface area contributed by atoms with Gasteiger partial charge in [0, 0.05) is 13.1 Å². The predicted octanol–water partition coefficient (Wildman–Crippen LogP) is 1.94. The maximum atomic E-state index is 12.7. The number of ether oxygens (including phenoxy) is 2. The number of carbonyl (C=O) groups is 1. The molecular formula is C21H25N3O5S. The lowest BCUT2D eigenvalue weighted by molar-refractivity contribution is -0.123. The number of morpholine rings is 1. The number of sulfonamides is 1. The molecule has 0 unspecified atom stereocenters. The molecule has 1 amide bonds. The molecule has 1 aliphatic heterocycles. The molecule has 1 aliphatic rings. The van der Waals surface area contributed by atoms with Crippen LogP contribution in [0.1, 0.15) is 18.1 Å². The molecular weight excluding hydrogens is 406 g/mol. The number of amides is 1. The van der Waals surface area contributed by atoms with Gasteiger partial charge in [0.05, 0.1) is 23.8 Å². The third kappa shape index (κ3) is 5.65. The lowest BCUT2D eigenvalue weighted by Gasteiger charge is -2.26. The summed E-state index contributed by atoms with van der Waals surface area (Å²) >= 11 is 0. The molecule has 160 valence electrons. The van der Waals surface area contributed by atoms with Crippen LogP contribution in [0.5, 0.6) is 5.75 Å². The second-order valence-electron chi connectivity index (χ2n) is 6.88. The van der Waals surface area contributed by atoms with E-state index < -0.39 is 10.0 Å². The van der Waals surface area contributed by atoms with Gasteiger partial charge in [-0.25, -0.2) is 13.8 Å². The maximum absolute atomic E-state index is 12.7. The van der Waals surface area contributed by atoms with E-state index >= 15 is 0 Å². The summed E-state index contributed by atoms with van der Waals surface area (Å²) in [4.78, 5) is 12.2. The second kappa shape index (κ2) is 9.84. The van der Waals surface area contributed by atoms with E-state index in [1.807, 2.05) is 25.1 Å². The van der Waals surface area contributed by atoms with Crippen LogP contribution < -0.4 is 10.2 Å². The monoisotopic (exact) mass is 431 g/mol. The van der Waals surface area contributed by atoms with Crippen molar-refractivity contribution in [3.8, 4) is 5.75 Å². The highest BCUT2D eigenvalue weighted by Crippen LogP contribution is 2.18. The van der Waals surface area contributed by atoms with Gasteiger partial charge in [0.2, 0.25) is 10.0 Å². The van der Waals surface area contributed by atoms with Crippen LogP contribution in [0.4, 0.5) is 0 Å². The number of nitrogens with one attached hydrogen (secondary N) is 1. The first kappa shape index (κ1) is 21.9. The standard InChI is InChI=1S/C21H25N3O5S/c1-16-4-3-5-19(14-16)29-15-21(25)23-22-17(2)18-6-8-20(9-7-18)30(26,27)24-10-12-28-13-11-24/h3-9,14H,10-13,15H2,1-2H3,(H,23,25)/b22-17+. The van der Waals surface area contributed by atoms with Crippen LogP contribution >= 0.6 is 0 Å². The molecule has 1 N–H and O–H groups in total. The minimum atomic E-state index is -3.54. The molecule has 0 aromatic heterocycles. The van der Waals surface area contributed by atoms with Crippen LogP contribution in [0, 0.1) is 6.92 Å². The van der Waals surface area contributed by atoms with Crippen LogP contribution in [0.15, 0.2) is 58.5 Å². The Morgan fingerprint density at radius 2 is 1.87 bits per heavy atom. The summed E-state index contributed by atoms with van der Waals surface area (Å²) in [7, 11) is -3.54. The largest absolute Gasteiger partial charge is 0.484 e. The van der Waals surface area contributed by atoms with Crippen molar-refractivity contribution in [2.24, 2.45) is 5.10 Å². The predicted molar refractivity (Wildman–Crippen MR) is 113 cm³/mol. The lowest BCUT2D eigenvalue weighted by atomic mass is 10.1. The zero-order chi connectivity index (χ0) is 21.6. The summed E-state index contributed by atoms with van der Waals surface area (Å²) in [6.45, 7) is 5.01. The van der Waals surface area contributed by atoms with Gasteiger partial charge < -0.3 is 9.47 Å². The molecule has 0 bridgehead atoms. The molecule has 30 heavy (non-hydrogen) atoms. The highest BCUT2D eigenvalue weighted by Gasteiger charge is 2.26. The first-order valence-electron chi connectivity index (χ1n) is 9.57. The van der Waals surface area contributed by atoms with Crippen molar-refractivity contribution < 1.29 is 22.7 Å². The Balaban J connectivity index is 1.57. The van der Waals surface area contributed by atoms with Crippen LogP contribution in [0.3, 0.4) is 0 Å². The minimum Gasteiger partial charge on any atom is -0.484 e. The van der Waals surface area contributed by atoms with E-state index in [4.69, 9.17) is 9.47 Å². The molecule has 8 nitrogen and oxygen atoms in total. The van der Waals surface area contributed by atoms with E-state index in [2.05, 4.69) is 10.5 Å². The van der Waals surface area contributed by atoms with E-state index in [9.17, 15) is 13.2 Å². The Labute approximate surface area is 176 Å². The van der Waals surface area contributed by atoms with Gasteiger partial charge in [0.15, 0.2) is 6.61 Å². The zero-order valence-electron chi connectivity index (χ0n) is 17.0. The Hall–Kier alpha value is -2.75. The van der Waals surface area contributed by atoms with E-state index in [1.165, 1.54) is 4.31 Å². The van der Waals surface area contributed by atoms with Crippen molar-refractivity contribution in [3.05, 3.63) is 59.7 Å². The van der Waals surface area contributed by atoms with Crippen molar-refractivity contribution in [2.45, 2.75) is 18.7 Å². The van der Waals surface area contributed by atoms with E-state index in [0.29, 0.717) is 43.3 Å². The van der Waals surface area contributed by atoms with Crippen LogP contribution in [0.25, 0.3) is 0 Å². The fourth-order valence-corrected chi connectivity index (χ4v) is 4.31. The summed E-state index contributed by atoms with van der Waals surface area (Å²) in [5.74, 6) is 0.227. The van der Waals surface area contributed by atoms with Gasteiger partial charge in [-0.2, -0.15) is 9.41 Å². The van der Waals surface area contributed by atoms with Crippen molar-refractivity contribution in [1.82, 2.24) is 9.73 Å². The Morgan fingerprint density at radius 1 is 1.17 bits per heavy atom. The number of nitrogens with zero attached hydrogens (tertiary/aromatic N) is 2. The molecule has 1 fully saturated rings. The number of hydrazone groups is 1. The number of hydrogen-bond acceptors (Lipinski definition) is 6. The second-order valence-corrected chi connectivity index (χ2v) is 8.82. The molecule has 0 radical (unpaired) electrons. The number of aryl methyl sites for hydroxylation is 1. The van der Waals surface area contributed by atoms with Crippen molar-refractivity contribution in [3.63, 3.8) is 0 Å². The maximum Gasteiger partial charge on any atom is 0.277 e. The SMILES string of the molecule is C/C(=N\NC(=O)COc1cccc(C)c1)c1ccc(S(=O)(=O)N2CCOCC2)cc1. The smallest absolute Gasteiger partial charge is 0.277 e. The number of carbonyl (C=O) groups excluding carboxylic acids is 1. The van der Waals surface area contributed by atoms with Crippen LogP contribution in [0.2, 0.25) is 0 Å². The molecule has 3 rings (SSSR count). The molecule has 0 saturated carbocycles. The Morgan fingerprint density at radius 3 is 2.53 bits per heavy atom. The topological polar surface area (TPSA) is 97.3 Å². The minimum absolute atomic E-state index is 0.156. The summed E-state index contributed by atoms with van der Waals surface area (Å²) in [5.41, 5.74) is 4.74. The van der Waals surface area contributed by atoms with Gasteiger partial charge >= 0.3 is 0 Å². The molecule has 1 saturated heterocycles. The molecule has 0 atom stereocenters. The van der Waals surface area contributed by atoms with E-state index in [-0.39, 0.29) is 17.4 Å². The molecule has 2 aromatic rings. The molecule has 9 heteroatoms. The summed E-state index contributed by atoms with van der Waals surface area (Å²) in [6, 6.07) is 13.8. The first-order valence-corrected chi connectivity index (χ1v) is 11.0. The van der Waals surface area contributed by atoms with Crippen molar-refractivity contribution >= 4 is 21.6 Å². The van der Waals surface area contributed by atoms with E-state index in [1.54, 1.807) is 37.3 Å². The third-order valence-electron chi connectivity index (χ3n) is 4.59. The highest BCUT2D eigenvalue weighted by molar-refractivity contribution is 7.89. The van der Waals surface area contributed by atoms with Gasteiger partial charge in [-0.15, -0.1) is 0 Å². The number of hydrogen-bond donors (Lipinski definition) is 1. The lowest BCUT2D eigenvalue weighted by Crippen LogP contribution is -2.40. The quantitative estimate of drug-likeness (QED) is 0.534. The first-order chi connectivity index (χ1) is 14.4. The average molecular weight is 432 g/mol. The normalized spacial score (nSPS) is 15.6. The van der Waals surface area contributed by atoms with Gasteiger partial charge in [-0.1, -0.05) is 24.3 Å². The van der Waals surface area contributed by atoms with Gasteiger partial charge in [-0.3, -0.25) is 4.79 Å². The summed E-state index contributed by atoms with van der Waals surface area (Å²) in [5, 5.41) is 4.07. The molecule has 0 spiro atoms.